The number of aromatic hydroxyl groups is 1. The van der Waals surface area contributed by atoms with Crippen LogP contribution in [0.1, 0.15) is 5.56 Å². The van der Waals surface area contributed by atoms with E-state index < -0.39 is 0 Å². The molecule has 0 atom stereocenters. The van der Waals surface area contributed by atoms with E-state index in [2.05, 4.69) is 5.32 Å². The van der Waals surface area contributed by atoms with Crippen LogP contribution in [0.5, 0.6) is 5.75 Å². The van der Waals surface area contributed by atoms with Crippen molar-refractivity contribution in [1.82, 2.24) is 5.32 Å². The molecule has 1 rings (SSSR count). The van der Waals surface area contributed by atoms with E-state index in [1.165, 1.54) is 6.07 Å². The zero-order valence-electron chi connectivity index (χ0n) is 6.56. The number of hydrogen-bond donors (Lipinski definition) is 2. The Morgan fingerprint density at radius 2 is 2.08 bits per heavy atom. The smallest absolute Gasteiger partial charge is 0.138 e. The topological polar surface area (TPSA) is 32.3 Å². The van der Waals surface area contributed by atoms with Gasteiger partial charge in [0.05, 0.1) is 5.02 Å². The molecule has 0 unspecified atom stereocenters. The first-order chi connectivity index (χ1) is 5.65. The van der Waals surface area contributed by atoms with Crippen molar-refractivity contribution in [3.05, 3.63) is 27.7 Å². The summed E-state index contributed by atoms with van der Waals surface area (Å²) in [5.41, 5.74) is 0.704. The molecule has 0 aliphatic carbocycles. The Hall–Kier alpha value is -0.440. The first-order valence-electron chi connectivity index (χ1n) is 3.46. The number of benzene rings is 1. The van der Waals surface area contributed by atoms with Crippen LogP contribution >= 0.6 is 23.2 Å². The van der Waals surface area contributed by atoms with Crippen molar-refractivity contribution in [3.63, 3.8) is 0 Å². The van der Waals surface area contributed by atoms with Crippen LogP contribution in [-0.2, 0) is 6.54 Å². The minimum absolute atomic E-state index is 0.0930. The third-order valence-electron chi connectivity index (χ3n) is 1.47. The molecule has 2 N–H and O–H groups in total. The zero-order valence-corrected chi connectivity index (χ0v) is 8.08. The highest BCUT2D eigenvalue weighted by molar-refractivity contribution is 6.35. The molecule has 12 heavy (non-hydrogen) atoms. The predicted molar refractivity (Wildman–Crippen MR) is 50.9 cm³/mol. The Bertz CT molecular complexity index is 289. The summed E-state index contributed by atoms with van der Waals surface area (Å²) in [4.78, 5) is 0. The maximum Gasteiger partial charge on any atom is 0.138 e. The van der Waals surface area contributed by atoms with Gasteiger partial charge in [-0.15, -0.1) is 0 Å². The molecular formula is C8H9Cl2NO. The van der Waals surface area contributed by atoms with Gasteiger partial charge in [0.2, 0.25) is 0 Å². The molecule has 0 amide bonds. The molecule has 0 radical (unpaired) electrons. The molecule has 0 saturated carbocycles. The highest BCUT2D eigenvalue weighted by Gasteiger charge is 2.06. The molecule has 0 spiro atoms. The molecule has 66 valence electrons. The molecule has 0 aliphatic rings. The Balaban J connectivity index is 3.09. The minimum atomic E-state index is 0.0930. The van der Waals surface area contributed by atoms with Gasteiger partial charge < -0.3 is 10.4 Å². The number of hydrogen-bond acceptors (Lipinski definition) is 2. The highest BCUT2D eigenvalue weighted by atomic mass is 35.5. The molecule has 4 heteroatoms. The molecule has 0 bridgehead atoms. The van der Waals surface area contributed by atoms with Gasteiger partial charge >= 0.3 is 0 Å². The summed E-state index contributed by atoms with van der Waals surface area (Å²) in [6.07, 6.45) is 0. The van der Waals surface area contributed by atoms with Gasteiger partial charge in [0.1, 0.15) is 5.75 Å². The van der Waals surface area contributed by atoms with Gasteiger partial charge in [0.15, 0.2) is 0 Å². The number of halogens is 2. The predicted octanol–water partition coefficient (Wildman–Crippen LogP) is 2.42. The van der Waals surface area contributed by atoms with Crippen LogP contribution in [0.4, 0.5) is 0 Å². The molecule has 0 fully saturated rings. The third kappa shape index (κ3) is 2.03. The Kier molecular flexibility index (Phi) is 3.20. The van der Waals surface area contributed by atoms with Crippen molar-refractivity contribution in [2.45, 2.75) is 6.54 Å². The molecule has 2 nitrogen and oxygen atoms in total. The maximum atomic E-state index is 9.42. The largest absolute Gasteiger partial charge is 0.506 e. The summed E-state index contributed by atoms with van der Waals surface area (Å²) in [6, 6.07) is 3.19. The van der Waals surface area contributed by atoms with Crippen molar-refractivity contribution < 1.29 is 5.11 Å². The average Bonchev–Trinajstić information content (AvgIpc) is 2.00. The second kappa shape index (κ2) is 3.99. The molecule has 1 aromatic carbocycles. The SMILES string of the molecule is CNCc1cc(Cl)cc(Cl)c1O. The highest BCUT2D eigenvalue weighted by Crippen LogP contribution is 2.30. The fourth-order valence-electron chi connectivity index (χ4n) is 0.944. The van der Waals surface area contributed by atoms with E-state index >= 15 is 0 Å². The van der Waals surface area contributed by atoms with Gasteiger partial charge in [-0.25, -0.2) is 0 Å². The molecule has 0 saturated heterocycles. The lowest BCUT2D eigenvalue weighted by Gasteiger charge is -2.05. The maximum absolute atomic E-state index is 9.42. The number of phenolic OH excluding ortho intramolecular Hbond substituents is 1. The van der Waals surface area contributed by atoms with Gasteiger partial charge in [0, 0.05) is 17.1 Å². The summed E-state index contributed by atoms with van der Waals surface area (Å²) in [5.74, 6) is 0.0930. The Morgan fingerprint density at radius 1 is 1.42 bits per heavy atom. The van der Waals surface area contributed by atoms with E-state index in [0.29, 0.717) is 17.1 Å². The monoisotopic (exact) mass is 205 g/mol. The Morgan fingerprint density at radius 3 is 2.67 bits per heavy atom. The number of nitrogens with one attached hydrogen (secondary N) is 1. The van der Waals surface area contributed by atoms with Crippen LogP contribution < -0.4 is 5.32 Å². The van der Waals surface area contributed by atoms with E-state index in [1.807, 2.05) is 0 Å². The van der Waals surface area contributed by atoms with E-state index in [0.717, 1.165) is 0 Å². The molecule has 1 aromatic rings. The third-order valence-corrected chi connectivity index (χ3v) is 1.98. The van der Waals surface area contributed by atoms with E-state index in [-0.39, 0.29) is 10.8 Å². The van der Waals surface area contributed by atoms with Gasteiger partial charge in [-0.2, -0.15) is 0 Å². The van der Waals surface area contributed by atoms with Crippen molar-refractivity contribution >= 4 is 23.2 Å². The summed E-state index contributed by atoms with van der Waals surface area (Å²) in [5, 5.41) is 13.1. The van der Waals surface area contributed by atoms with Crippen molar-refractivity contribution in [2.24, 2.45) is 0 Å². The zero-order chi connectivity index (χ0) is 9.14. The molecule has 0 heterocycles. The van der Waals surface area contributed by atoms with Crippen LogP contribution in [0.15, 0.2) is 12.1 Å². The van der Waals surface area contributed by atoms with Gasteiger partial charge in [-0.05, 0) is 19.2 Å². The lowest BCUT2D eigenvalue weighted by molar-refractivity contribution is 0.466. The number of phenols is 1. The number of rotatable bonds is 2. The lowest BCUT2D eigenvalue weighted by atomic mass is 10.2. The van der Waals surface area contributed by atoms with Gasteiger partial charge in [-0.3, -0.25) is 0 Å². The summed E-state index contributed by atoms with van der Waals surface area (Å²) < 4.78 is 0. The lowest BCUT2D eigenvalue weighted by Crippen LogP contribution is -2.05. The van der Waals surface area contributed by atoms with Crippen molar-refractivity contribution in [1.29, 1.82) is 0 Å². The van der Waals surface area contributed by atoms with Crippen LogP contribution in [-0.4, -0.2) is 12.2 Å². The van der Waals surface area contributed by atoms with Gasteiger partial charge in [0.25, 0.3) is 0 Å². The second-order valence-electron chi connectivity index (χ2n) is 2.43. The second-order valence-corrected chi connectivity index (χ2v) is 3.27. The fraction of sp³-hybridized carbons (Fsp3) is 0.250. The average molecular weight is 206 g/mol. The molecule has 0 aliphatic heterocycles. The molecular weight excluding hydrogens is 197 g/mol. The normalized spacial score (nSPS) is 10.2. The van der Waals surface area contributed by atoms with Gasteiger partial charge in [-0.1, -0.05) is 23.2 Å². The first-order valence-corrected chi connectivity index (χ1v) is 4.22. The van der Waals surface area contributed by atoms with Crippen molar-refractivity contribution in [2.75, 3.05) is 7.05 Å². The quantitative estimate of drug-likeness (QED) is 0.778. The minimum Gasteiger partial charge on any atom is -0.506 e. The first kappa shape index (κ1) is 9.65. The Labute approximate surface area is 81.1 Å². The van der Waals surface area contributed by atoms with E-state index in [4.69, 9.17) is 23.2 Å². The summed E-state index contributed by atoms with van der Waals surface area (Å²) >= 11 is 11.4. The van der Waals surface area contributed by atoms with Crippen molar-refractivity contribution in [3.8, 4) is 5.75 Å². The summed E-state index contributed by atoms with van der Waals surface area (Å²) in [7, 11) is 1.79. The summed E-state index contributed by atoms with van der Waals surface area (Å²) in [6.45, 7) is 0.548. The molecule has 0 aromatic heterocycles. The fourth-order valence-corrected chi connectivity index (χ4v) is 1.48. The van der Waals surface area contributed by atoms with E-state index in [9.17, 15) is 5.11 Å². The van der Waals surface area contributed by atoms with E-state index in [1.54, 1.807) is 13.1 Å². The van der Waals surface area contributed by atoms with Crippen LogP contribution in [0, 0.1) is 0 Å². The van der Waals surface area contributed by atoms with Crippen LogP contribution in [0.3, 0.4) is 0 Å². The van der Waals surface area contributed by atoms with Crippen LogP contribution in [0.25, 0.3) is 0 Å². The van der Waals surface area contributed by atoms with Crippen LogP contribution in [0.2, 0.25) is 10.0 Å². The standard InChI is InChI=1S/C8H9Cl2NO/c1-11-4-5-2-6(9)3-7(10)8(5)12/h2-3,11-12H,4H2,1H3.